The normalized spacial score (nSPS) is 13.4. The zero-order chi connectivity index (χ0) is 5.86. The number of hydrogen-bond acceptors (Lipinski definition) is 3. The molecule has 1 atom stereocenters. The molecule has 0 fully saturated rings. The fourth-order valence-electron chi connectivity index (χ4n) is 0.206. The first-order valence-corrected chi connectivity index (χ1v) is 1.85. The molecule has 4 heteroatoms. The quantitative estimate of drug-likeness (QED) is 0.359. The van der Waals surface area contributed by atoms with Crippen molar-refractivity contribution in [1.29, 1.82) is 0 Å². The average molecular weight is 104 g/mol. The summed E-state index contributed by atoms with van der Waals surface area (Å²) in [4.78, 5) is 9.79. The van der Waals surface area contributed by atoms with Crippen molar-refractivity contribution in [3.05, 3.63) is 0 Å². The van der Waals surface area contributed by atoms with Crippen molar-refractivity contribution in [2.75, 3.05) is 0 Å². The fourth-order valence-corrected chi connectivity index (χ4v) is 0.206. The van der Waals surface area contributed by atoms with Gasteiger partial charge in [0, 0.05) is 0 Å². The maximum atomic E-state index is 9.79. The molecule has 0 aromatic rings. The van der Waals surface area contributed by atoms with Gasteiger partial charge in [-0.05, 0) is 0 Å². The Morgan fingerprint density at radius 2 is 2.29 bits per heavy atom. The van der Waals surface area contributed by atoms with Crippen molar-refractivity contribution in [3.8, 4) is 0 Å². The van der Waals surface area contributed by atoms with Crippen LogP contribution < -0.4 is 11.5 Å². The summed E-state index contributed by atoms with van der Waals surface area (Å²) < 4.78 is 0. The Hall–Kier alpha value is -0.610. The van der Waals surface area contributed by atoms with E-state index in [0.29, 0.717) is 0 Å². The van der Waals surface area contributed by atoms with Crippen LogP contribution in [0, 0.1) is 0 Å². The number of amides is 1. The topological polar surface area (TPSA) is 89.3 Å². The predicted octanol–water partition coefficient (Wildman–Crippen LogP) is -1.86. The molecule has 0 aromatic carbocycles. The second-order valence-corrected chi connectivity index (χ2v) is 1.24. The van der Waals surface area contributed by atoms with Gasteiger partial charge in [0.1, 0.15) is 6.23 Å². The van der Waals surface area contributed by atoms with E-state index in [1.54, 1.807) is 0 Å². The number of rotatable bonds is 2. The summed E-state index contributed by atoms with van der Waals surface area (Å²) in [5.41, 5.74) is 9.36. The number of aliphatic hydroxyl groups excluding tert-OH is 1. The SMILES string of the molecule is NC(=O)CC(N)O. The van der Waals surface area contributed by atoms with Crippen LogP contribution in [0.4, 0.5) is 0 Å². The standard InChI is InChI=1S/C3H8N2O2/c4-2(6)1-3(5)7/h2,6H,1,4H2,(H2,5,7). The van der Waals surface area contributed by atoms with E-state index in [2.05, 4.69) is 5.73 Å². The lowest BCUT2D eigenvalue weighted by atomic mass is 10.4. The number of aliphatic hydroxyl groups is 1. The first-order valence-electron chi connectivity index (χ1n) is 1.85. The fraction of sp³-hybridized carbons (Fsp3) is 0.667. The summed E-state index contributed by atoms with van der Waals surface area (Å²) in [6, 6.07) is 0. The number of primary amides is 1. The molecule has 0 saturated carbocycles. The Bertz CT molecular complexity index is 71.3. The van der Waals surface area contributed by atoms with Crippen LogP contribution in [0.25, 0.3) is 0 Å². The van der Waals surface area contributed by atoms with Crippen LogP contribution >= 0.6 is 0 Å². The van der Waals surface area contributed by atoms with Gasteiger partial charge in [0.2, 0.25) is 5.91 Å². The molecule has 0 bridgehead atoms. The number of carbonyl (C=O) groups is 1. The summed E-state index contributed by atoms with van der Waals surface area (Å²) in [7, 11) is 0. The lowest BCUT2D eigenvalue weighted by Gasteiger charge is -1.95. The lowest BCUT2D eigenvalue weighted by Crippen LogP contribution is -2.26. The number of hydrogen-bond donors (Lipinski definition) is 3. The van der Waals surface area contributed by atoms with Gasteiger partial charge >= 0.3 is 0 Å². The molecule has 0 spiro atoms. The average Bonchev–Trinajstić information content (AvgIpc) is 1.27. The third-order valence-corrected chi connectivity index (χ3v) is 0.410. The summed E-state index contributed by atoms with van der Waals surface area (Å²) in [6.07, 6.45) is -1.27. The van der Waals surface area contributed by atoms with Crippen LogP contribution in [0.15, 0.2) is 0 Å². The molecule has 5 N–H and O–H groups in total. The number of nitrogens with two attached hydrogens (primary N) is 2. The van der Waals surface area contributed by atoms with Gasteiger partial charge in [0.15, 0.2) is 0 Å². The van der Waals surface area contributed by atoms with E-state index in [4.69, 9.17) is 10.8 Å². The molecule has 1 amide bonds. The highest BCUT2D eigenvalue weighted by molar-refractivity contribution is 5.74. The number of carbonyl (C=O) groups excluding carboxylic acids is 1. The molecule has 0 aliphatic rings. The Balaban J connectivity index is 3.13. The minimum absolute atomic E-state index is 0.167. The van der Waals surface area contributed by atoms with Gasteiger partial charge in [-0.2, -0.15) is 0 Å². The van der Waals surface area contributed by atoms with E-state index < -0.39 is 12.1 Å². The molecule has 42 valence electrons. The third-order valence-electron chi connectivity index (χ3n) is 0.410. The van der Waals surface area contributed by atoms with Crippen molar-refractivity contribution < 1.29 is 9.90 Å². The second-order valence-electron chi connectivity index (χ2n) is 1.24. The maximum absolute atomic E-state index is 9.79. The minimum Gasteiger partial charge on any atom is -0.378 e. The van der Waals surface area contributed by atoms with Crippen LogP contribution in [0.5, 0.6) is 0 Å². The minimum atomic E-state index is -1.10. The van der Waals surface area contributed by atoms with Gasteiger partial charge in [-0.1, -0.05) is 0 Å². The molecule has 4 nitrogen and oxygen atoms in total. The maximum Gasteiger partial charge on any atom is 0.221 e. The summed E-state index contributed by atoms with van der Waals surface area (Å²) in [5, 5.41) is 8.20. The van der Waals surface area contributed by atoms with E-state index in [1.807, 2.05) is 0 Å². The van der Waals surface area contributed by atoms with Gasteiger partial charge in [0.05, 0.1) is 6.42 Å². The van der Waals surface area contributed by atoms with Gasteiger partial charge in [-0.25, -0.2) is 0 Å². The van der Waals surface area contributed by atoms with E-state index in [9.17, 15) is 4.79 Å². The van der Waals surface area contributed by atoms with Crippen LogP contribution in [0.1, 0.15) is 6.42 Å². The molecule has 0 heterocycles. The predicted molar refractivity (Wildman–Crippen MR) is 24.0 cm³/mol. The van der Waals surface area contributed by atoms with Gasteiger partial charge in [-0.3, -0.25) is 4.79 Å². The van der Waals surface area contributed by atoms with E-state index >= 15 is 0 Å². The lowest BCUT2D eigenvalue weighted by molar-refractivity contribution is -0.119. The Morgan fingerprint density at radius 1 is 1.86 bits per heavy atom. The van der Waals surface area contributed by atoms with Crippen LogP contribution in [0.3, 0.4) is 0 Å². The second kappa shape index (κ2) is 2.54. The zero-order valence-electron chi connectivity index (χ0n) is 3.79. The first-order chi connectivity index (χ1) is 3.13. The molecule has 7 heavy (non-hydrogen) atoms. The largest absolute Gasteiger partial charge is 0.378 e. The van der Waals surface area contributed by atoms with Crippen LogP contribution in [0.2, 0.25) is 0 Å². The molecular formula is C3H8N2O2. The van der Waals surface area contributed by atoms with Gasteiger partial charge in [-0.15, -0.1) is 0 Å². The van der Waals surface area contributed by atoms with Crippen LogP contribution in [-0.4, -0.2) is 17.2 Å². The summed E-state index contributed by atoms with van der Waals surface area (Å²) in [5.74, 6) is -0.588. The van der Waals surface area contributed by atoms with E-state index in [1.165, 1.54) is 0 Å². The molecule has 0 rings (SSSR count). The highest BCUT2D eigenvalue weighted by Crippen LogP contribution is 1.76. The first kappa shape index (κ1) is 6.39. The van der Waals surface area contributed by atoms with Crippen molar-refractivity contribution in [3.63, 3.8) is 0 Å². The third kappa shape index (κ3) is 5.39. The highest BCUT2D eigenvalue weighted by atomic mass is 16.3. The van der Waals surface area contributed by atoms with Gasteiger partial charge < -0.3 is 16.6 Å². The molecule has 0 saturated heterocycles. The van der Waals surface area contributed by atoms with E-state index in [-0.39, 0.29) is 6.42 Å². The molecule has 0 aromatic heterocycles. The Morgan fingerprint density at radius 3 is 2.29 bits per heavy atom. The smallest absolute Gasteiger partial charge is 0.221 e. The Kier molecular flexibility index (Phi) is 2.32. The van der Waals surface area contributed by atoms with Crippen molar-refractivity contribution in [2.24, 2.45) is 11.5 Å². The van der Waals surface area contributed by atoms with E-state index in [0.717, 1.165) is 0 Å². The van der Waals surface area contributed by atoms with Crippen molar-refractivity contribution in [1.82, 2.24) is 0 Å². The molecule has 0 radical (unpaired) electrons. The monoisotopic (exact) mass is 104 g/mol. The van der Waals surface area contributed by atoms with Gasteiger partial charge in [0.25, 0.3) is 0 Å². The molecule has 1 unspecified atom stereocenters. The molecule has 0 aliphatic carbocycles. The van der Waals surface area contributed by atoms with Crippen molar-refractivity contribution in [2.45, 2.75) is 12.6 Å². The molecular weight excluding hydrogens is 96.0 g/mol. The molecule has 0 aliphatic heterocycles. The summed E-state index contributed by atoms with van der Waals surface area (Å²) in [6.45, 7) is 0. The zero-order valence-corrected chi connectivity index (χ0v) is 3.79. The van der Waals surface area contributed by atoms with Crippen LogP contribution in [-0.2, 0) is 4.79 Å². The highest BCUT2D eigenvalue weighted by Gasteiger charge is 1.98. The summed E-state index contributed by atoms with van der Waals surface area (Å²) >= 11 is 0. The Labute approximate surface area is 41.1 Å². The van der Waals surface area contributed by atoms with Crippen molar-refractivity contribution >= 4 is 5.91 Å².